The number of primary amides is 2. The molecule has 0 saturated carbocycles. The van der Waals surface area contributed by atoms with Crippen LogP contribution in [0.1, 0.15) is 108 Å². The minimum atomic E-state index is -3.63. The lowest BCUT2D eigenvalue weighted by Gasteiger charge is -2.59. The van der Waals surface area contributed by atoms with Gasteiger partial charge >= 0.3 is 12.2 Å². The molecule has 7 aliphatic rings. The number of rotatable bonds is 10. The minimum Gasteiger partial charge on any atom is -0.465 e. The predicted octanol–water partition coefficient (Wildman–Crippen LogP) is 4.59. The van der Waals surface area contributed by atoms with Crippen LogP contribution in [0.25, 0.3) is 0 Å². The molecule has 17 nitrogen and oxygen atoms in total. The zero-order valence-electron chi connectivity index (χ0n) is 38.9. The molecule has 10 rings (SSSR count). The van der Waals surface area contributed by atoms with Crippen LogP contribution in [0, 0.1) is 16.7 Å². The van der Waals surface area contributed by atoms with Gasteiger partial charge in [-0.15, -0.1) is 0 Å². The number of amides is 6. The van der Waals surface area contributed by atoms with E-state index in [1.54, 1.807) is 100 Å². The zero-order valence-corrected chi connectivity index (χ0v) is 39.7. The summed E-state index contributed by atoms with van der Waals surface area (Å²) in [4.78, 5) is 89.0. The SMILES string of the molecule is CC1C[C@H](C2CCCN2[C@]2(C(=O)NC(=O)O)c3ccc(cc3)C(C(N)=O)C2(C)C)N(c2ccc(S(C)(=O)=O)cc2)[C@@]1(C)C1CCCN1[C@]1(C(=O)NC(=O)O)c2ccc(cc2)C(C(N)=O)C1(C)C. The van der Waals surface area contributed by atoms with Crippen molar-refractivity contribution in [3.8, 4) is 0 Å². The number of carbonyl (C=O) groups is 6. The summed E-state index contributed by atoms with van der Waals surface area (Å²) in [6.45, 7) is 12.0. The summed E-state index contributed by atoms with van der Waals surface area (Å²) in [5.41, 5.74) is 8.07. The number of likely N-dealkylation sites (tertiary alicyclic amines) is 2. The molecule has 4 bridgehead atoms. The molecule has 67 heavy (non-hydrogen) atoms. The summed E-state index contributed by atoms with van der Waals surface area (Å²) in [6, 6.07) is 19.2. The van der Waals surface area contributed by atoms with E-state index < -0.39 is 103 Å². The third-order valence-corrected chi connectivity index (χ3v) is 17.9. The number of carbonyl (C=O) groups excluding carboxylic acids is 4. The van der Waals surface area contributed by atoms with E-state index >= 15 is 9.59 Å². The average molecular weight is 940 g/mol. The molecule has 3 aliphatic heterocycles. The second-order valence-corrected chi connectivity index (χ2v) is 22.6. The Balaban J connectivity index is 1.35. The van der Waals surface area contributed by atoms with Crippen LogP contribution < -0.4 is 27.0 Å². The van der Waals surface area contributed by atoms with Gasteiger partial charge in [0.2, 0.25) is 11.8 Å². The molecule has 3 aromatic carbocycles. The van der Waals surface area contributed by atoms with Gasteiger partial charge in [0.15, 0.2) is 9.84 Å². The molecular formula is C49H61N7O10S. The molecule has 3 heterocycles. The molecule has 4 aliphatic carbocycles. The van der Waals surface area contributed by atoms with E-state index in [2.05, 4.69) is 39.2 Å². The molecule has 0 radical (unpaired) electrons. The van der Waals surface area contributed by atoms with Crippen molar-refractivity contribution in [1.82, 2.24) is 20.4 Å². The summed E-state index contributed by atoms with van der Waals surface area (Å²) in [5.74, 6) is -5.24. The van der Waals surface area contributed by atoms with Crippen LogP contribution in [0.4, 0.5) is 15.3 Å². The summed E-state index contributed by atoms with van der Waals surface area (Å²) in [6.07, 6.45) is 0.762. The first-order valence-corrected chi connectivity index (χ1v) is 24.7. The summed E-state index contributed by atoms with van der Waals surface area (Å²) in [7, 11) is -3.63. The number of benzene rings is 3. The summed E-state index contributed by atoms with van der Waals surface area (Å²) >= 11 is 0. The normalized spacial score (nSPS) is 32.1. The number of sulfone groups is 1. The maximum absolute atomic E-state index is 15.2. The zero-order chi connectivity index (χ0) is 49.0. The largest absolute Gasteiger partial charge is 0.465 e. The Morgan fingerprint density at radius 3 is 1.51 bits per heavy atom. The van der Waals surface area contributed by atoms with Crippen molar-refractivity contribution >= 4 is 51.3 Å². The number of hydrogen-bond acceptors (Lipinski definition) is 11. The lowest BCUT2D eigenvalue weighted by atomic mass is 9.59. The fourth-order valence-electron chi connectivity index (χ4n) is 14.3. The maximum Gasteiger partial charge on any atom is 0.411 e. The van der Waals surface area contributed by atoms with Crippen molar-refractivity contribution in [2.75, 3.05) is 24.2 Å². The second kappa shape index (κ2) is 16.2. The van der Waals surface area contributed by atoms with Crippen LogP contribution >= 0.6 is 0 Å². The number of imide groups is 2. The molecule has 3 aromatic rings. The number of anilines is 1. The summed E-state index contributed by atoms with van der Waals surface area (Å²) in [5, 5.41) is 24.7. The topological polar surface area (TPSA) is 263 Å². The van der Waals surface area contributed by atoms with Crippen LogP contribution in [-0.4, -0.2) is 107 Å². The molecule has 0 aromatic heterocycles. The molecule has 358 valence electrons. The average Bonchev–Trinajstić information content (AvgIpc) is 3.92. The second-order valence-electron chi connectivity index (χ2n) is 20.6. The Hall–Kier alpha value is -5.85. The number of nitrogens with two attached hydrogens (primary N) is 2. The van der Waals surface area contributed by atoms with E-state index in [9.17, 15) is 37.8 Å². The van der Waals surface area contributed by atoms with Crippen molar-refractivity contribution in [1.29, 1.82) is 0 Å². The van der Waals surface area contributed by atoms with Crippen LogP contribution in [0.5, 0.6) is 0 Å². The van der Waals surface area contributed by atoms with E-state index in [0.717, 1.165) is 6.26 Å². The highest BCUT2D eigenvalue weighted by Crippen LogP contribution is 2.62. The fourth-order valence-corrected chi connectivity index (χ4v) is 14.9. The molecule has 3 fully saturated rings. The molecule has 8 N–H and O–H groups in total. The Morgan fingerprint density at radius 1 is 0.642 bits per heavy atom. The predicted molar refractivity (Wildman–Crippen MR) is 247 cm³/mol. The first-order valence-electron chi connectivity index (χ1n) is 22.8. The van der Waals surface area contributed by atoms with E-state index in [4.69, 9.17) is 11.5 Å². The van der Waals surface area contributed by atoms with Crippen molar-refractivity contribution in [3.63, 3.8) is 0 Å². The monoisotopic (exact) mass is 939 g/mol. The maximum atomic E-state index is 15.2. The first-order chi connectivity index (χ1) is 31.3. The van der Waals surface area contributed by atoms with E-state index in [1.807, 2.05) is 0 Å². The number of hydrogen-bond donors (Lipinski definition) is 6. The molecule has 9 atom stereocenters. The van der Waals surface area contributed by atoms with Gasteiger partial charge in [-0.05, 0) is 105 Å². The molecular weight excluding hydrogens is 879 g/mol. The van der Waals surface area contributed by atoms with Gasteiger partial charge in [0.25, 0.3) is 11.8 Å². The van der Waals surface area contributed by atoms with Crippen molar-refractivity contribution in [2.45, 2.75) is 125 Å². The lowest BCUT2D eigenvalue weighted by Crippen LogP contribution is -2.72. The quantitative estimate of drug-likeness (QED) is 0.163. The van der Waals surface area contributed by atoms with E-state index in [1.165, 1.54) is 0 Å². The highest BCUT2D eigenvalue weighted by Gasteiger charge is 2.70. The number of nitrogens with one attached hydrogen (secondary N) is 2. The van der Waals surface area contributed by atoms with Gasteiger partial charge in [0.1, 0.15) is 11.1 Å². The van der Waals surface area contributed by atoms with Crippen LogP contribution in [0.2, 0.25) is 0 Å². The third kappa shape index (κ3) is 6.71. The van der Waals surface area contributed by atoms with Gasteiger partial charge in [-0.2, -0.15) is 0 Å². The van der Waals surface area contributed by atoms with E-state index in [-0.39, 0.29) is 10.8 Å². The highest BCUT2D eigenvalue weighted by molar-refractivity contribution is 7.90. The van der Waals surface area contributed by atoms with Gasteiger partial charge in [0.05, 0.1) is 22.3 Å². The van der Waals surface area contributed by atoms with Crippen molar-refractivity contribution in [2.24, 2.45) is 28.2 Å². The van der Waals surface area contributed by atoms with Gasteiger partial charge in [-0.3, -0.25) is 39.6 Å². The fraction of sp³-hybridized carbons (Fsp3) is 0.510. The number of nitrogens with zero attached hydrogens (tertiary/aromatic N) is 3. The number of carboxylic acid groups (broad SMARTS) is 2. The standard InChI is InChI=1S/C49H61N7O10S/c1-27-26-35(34-10-8-24-54(34)48(41(59)52-43(61)62)30-16-12-28(13-17-30)37(39(50)57)45(48,2)3)56(32-20-22-33(23-21-32)67(7,65)66)47(27,6)36-11-9-25-55(36)49(42(60)53-44(63)64)31-18-14-29(15-19-31)38(40(51)58)46(49,4)5/h12-23,27,34-38H,8-11,24-26H2,1-7H3,(H2,50,57)(H2,51,58)(H,52,59)(H,53,60)(H,61,62)(H,63,64)/t27?,34?,35-,36?,37?,38?,47-,48+,49+/m1/s1. The smallest absolute Gasteiger partial charge is 0.411 e. The van der Waals surface area contributed by atoms with Crippen molar-refractivity contribution < 1.29 is 47.4 Å². The van der Waals surface area contributed by atoms with Gasteiger partial charge < -0.3 is 26.6 Å². The Bertz CT molecular complexity index is 2660. The van der Waals surface area contributed by atoms with Gasteiger partial charge in [-0.25, -0.2) is 18.0 Å². The molecule has 3 saturated heterocycles. The van der Waals surface area contributed by atoms with Gasteiger partial charge in [-0.1, -0.05) is 83.1 Å². The molecule has 6 amide bonds. The van der Waals surface area contributed by atoms with Crippen molar-refractivity contribution in [3.05, 3.63) is 95.1 Å². The Morgan fingerprint density at radius 2 is 1.07 bits per heavy atom. The first kappa shape index (κ1) is 47.6. The van der Waals surface area contributed by atoms with Crippen LogP contribution in [0.3, 0.4) is 0 Å². The lowest BCUT2D eigenvalue weighted by molar-refractivity contribution is -0.151. The van der Waals surface area contributed by atoms with Crippen LogP contribution in [-0.2, 0) is 40.1 Å². The molecule has 18 heteroatoms. The Labute approximate surface area is 390 Å². The highest BCUT2D eigenvalue weighted by atomic mass is 32.2. The number of fused-ring (bicyclic) bond motifs is 8. The molecule has 0 spiro atoms. The minimum absolute atomic E-state index is 0.0993. The van der Waals surface area contributed by atoms with E-state index in [0.29, 0.717) is 73.1 Å². The van der Waals surface area contributed by atoms with Gasteiger partial charge in [0, 0.05) is 40.9 Å². The molecule has 5 unspecified atom stereocenters. The van der Waals surface area contributed by atoms with Crippen LogP contribution in [0.15, 0.2) is 77.7 Å². The summed E-state index contributed by atoms with van der Waals surface area (Å²) < 4.78 is 25.8. The third-order valence-electron chi connectivity index (χ3n) is 16.8. The Kier molecular flexibility index (Phi) is 11.5.